The van der Waals surface area contributed by atoms with Gasteiger partial charge >= 0.3 is 5.97 Å². The molecule has 1 aliphatic rings. The van der Waals surface area contributed by atoms with E-state index in [1.54, 1.807) is 0 Å². The van der Waals surface area contributed by atoms with Crippen molar-refractivity contribution in [1.29, 1.82) is 0 Å². The number of hydrogen-bond acceptors (Lipinski definition) is 3. The molecule has 2 N–H and O–H groups in total. The van der Waals surface area contributed by atoms with Crippen LogP contribution < -0.4 is 5.32 Å². The molecular weight excluding hydrogens is 252 g/mol. The summed E-state index contributed by atoms with van der Waals surface area (Å²) in [6.07, 6.45) is 5.69. The number of aliphatic carboxylic acids is 1. The maximum atomic E-state index is 11.2. The molecule has 0 amide bonds. The van der Waals surface area contributed by atoms with Crippen LogP contribution in [0.1, 0.15) is 59.8 Å². The van der Waals surface area contributed by atoms with Gasteiger partial charge < -0.3 is 15.3 Å². The number of carbonyl (C=O) groups is 1. The van der Waals surface area contributed by atoms with Crippen LogP contribution in [0.25, 0.3) is 0 Å². The number of carboxylic acid groups (broad SMARTS) is 1. The van der Waals surface area contributed by atoms with Crippen molar-refractivity contribution in [2.24, 2.45) is 5.41 Å². The molecule has 0 aromatic rings. The van der Waals surface area contributed by atoms with Gasteiger partial charge in [0.05, 0.1) is 0 Å². The van der Waals surface area contributed by atoms with E-state index in [-0.39, 0.29) is 6.04 Å². The van der Waals surface area contributed by atoms with Crippen molar-refractivity contribution in [3.63, 3.8) is 0 Å². The molecule has 0 spiro atoms. The Morgan fingerprint density at radius 1 is 1.35 bits per heavy atom. The van der Waals surface area contributed by atoms with E-state index in [2.05, 4.69) is 31.1 Å². The third kappa shape index (κ3) is 5.80. The summed E-state index contributed by atoms with van der Waals surface area (Å²) in [6, 6.07) is 0.394. The predicted molar refractivity (Wildman–Crippen MR) is 83.0 cm³/mol. The molecule has 0 radical (unpaired) electrons. The topological polar surface area (TPSA) is 52.6 Å². The molecule has 20 heavy (non-hydrogen) atoms. The molecule has 1 rings (SSSR count). The molecule has 0 saturated heterocycles. The maximum absolute atomic E-state index is 11.2. The summed E-state index contributed by atoms with van der Waals surface area (Å²) in [5.41, 5.74) is 0.486. The van der Waals surface area contributed by atoms with Crippen LogP contribution in [0.5, 0.6) is 0 Å². The van der Waals surface area contributed by atoms with E-state index < -0.39 is 12.0 Å². The van der Waals surface area contributed by atoms with Crippen molar-refractivity contribution in [3.8, 4) is 0 Å². The molecule has 0 aliphatic heterocycles. The second-order valence-electron chi connectivity index (χ2n) is 7.38. The minimum Gasteiger partial charge on any atom is -0.480 e. The highest BCUT2D eigenvalue weighted by molar-refractivity contribution is 5.73. The zero-order valence-corrected chi connectivity index (χ0v) is 13.8. The van der Waals surface area contributed by atoms with E-state index in [0.29, 0.717) is 17.9 Å². The number of hydrogen-bond donors (Lipinski definition) is 2. The second-order valence-corrected chi connectivity index (χ2v) is 7.38. The van der Waals surface area contributed by atoms with Gasteiger partial charge in [0.25, 0.3) is 0 Å². The fourth-order valence-electron chi connectivity index (χ4n) is 3.02. The minimum absolute atomic E-state index is 0.205. The van der Waals surface area contributed by atoms with E-state index >= 15 is 0 Å². The second kappa shape index (κ2) is 7.41. The van der Waals surface area contributed by atoms with Gasteiger partial charge in [0.15, 0.2) is 0 Å². The summed E-state index contributed by atoms with van der Waals surface area (Å²) in [7, 11) is 2.14. The fraction of sp³-hybridized carbons (Fsp3) is 0.938. The van der Waals surface area contributed by atoms with Crippen LogP contribution in [0.2, 0.25) is 0 Å². The van der Waals surface area contributed by atoms with E-state index in [4.69, 9.17) is 0 Å². The van der Waals surface area contributed by atoms with Gasteiger partial charge in [0, 0.05) is 18.6 Å². The minimum atomic E-state index is -0.739. The lowest BCUT2D eigenvalue weighted by atomic mass is 9.75. The van der Waals surface area contributed by atoms with E-state index in [0.717, 1.165) is 6.54 Å². The van der Waals surface area contributed by atoms with Crippen molar-refractivity contribution >= 4 is 5.97 Å². The van der Waals surface area contributed by atoms with Gasteiger partial charge in [-0.25, -0.2) is 0 Å². The van der Waals surface area contributed by atoms with Crippen LogP contribution in [-0.2, 0) is 4.79 Å². The van der Waals surface area contributed by atoms with Gasteiger partial charge in [-0.15, -0.1) is 0 Å². The smallest absolute Gasteiger partial charge is 0.320 e. The van der Waals surface area contributed by atoms with Crippen LogP contribution in [0.15, 0.2) is 0 Å². The average molecular weight is 284 g/mol. The van der Waals surface area contributed by atoms with E-state index in [1.165, 1.54) is 25.7 Å². The van der Waals surface area contributed by atoms with Gasteiger partial charge in [-0.05, 0) is 44.6 Å². The van der Waals surface area contributed by atoms with E-state index in [9.17, 15) is 9.90 Å². The molecular formula is C16H32N2O2. The Kier molecular flexibility index (Phi) is 6.46. The summed E-state index contributed by atoms with van der Waals surface area (Å²) in [5.74, 6) is -0.739. The average Bonchev–Trinajstić information content (AvgIpc) is 2.33. The molecule has 1 unspecified atom stereocenters. The lowest BCUT2D eigenvalue weighted by Gasteiger charge is -2.39. The van der Waals surface area contributed by atoms with Gasteiger partial charge in [-0.1, -0.05) is 27.7 Å². The highest BCUT2D eigenvalue weighted by Gasteiger charge is 2.29. The first kappa shape index (κ1) is 17.4. The predicted octanol–water partition coefficient (Wildman–Crippen LogP) is 2.73. The third-order valence-electron chi connectivity index (χ3n) is 4.54. The molecule has 118 valence electrons. The first-order chi connectivity index (χ1) is 9.21. The van der Waals surface area contributed by atoms with E-state index in [1.807, 2.05) is 13.8 Å². The lowest BCUT2D eigenvalue weighted by molar-refractivity contribution is -0.140. The summed E-state index contributed by atoms with van der Waals surface area (Å²) in [5, 5.41) is 12.4. The third-order valence-corrected chi connectivity index (χ3v) is 4.54. The van der Waals surface area contributed by atoms with Gasteiger partial charge in [-0.3, -0.25) is 4.79 Å². The van der Waals surface area contributed by atoms with Gasteiger partial charge in [0.2, 0.25) is 0 Å². The molecule has 1 saturated carbocycles. The van der Waals surface area contributed by atoms with Crippen LogP contribution >= 0.6 is 0 Å². The molecule has 0 aromatic heterocycles. The molecule has 4 heteroatoms. The molecule has 1 atom stereocenters. The standard InChI is InChI=1S/C16H32N2O2/c1-12(2)17-14(15(19)20)8-11-18(5)13-6-9-16(3,4)10-7-13/h12-14,17H,6-11H2,1-5H3,(H,19,20). The molecule has 1 fully saturated rings. The Labute approximate surface area is 123 Å². The van der Waals surface area contributed by atoms with Crippen molar-refractivity contribution in [2.45, 2.75) is 77.9 Å². The van der Waals surface area contributed by atoms with Crippen molar-refractivity contribution in [3.05, 3.63) is 0 Å². The normalized spacial score (nSPS) is 21.4. The first-order valence-electron chi connectivity index (χ1n) is 7.90. The van der Waals surface area contributed by atoms with Crippen molar-refractivity contribution < 1.29 is 9.90 Å². The SMILES string of the molecule is CC(C)NC(CCN(C)C1CCC(C)(C)CC1)C(=O)O. The Hall–Kier alpha value is -0.610. The Morgan fingerprint density at radius 3 is 2.35 bits per heavy atom. The molecule has 1 aliphatic carbocycles. The summed E-state index contributed by atoms with van der Waals surface area (Å²) in [6.45, 7) is 9.51. The monoisotopic (exact) mass is 284 g/mol. The lowest BCUT2D eigenvalue weighted by Crippen LogP contribution is -2.44. The zero-order chi connectivity index (χ0) is 15.3. The number of carboxylic acids is 1. The molecule has 0 bridgehead atoms. The quantitative estimate of drug-likeness (QED) is 0.755. The van der Waals surface area contributed by atoms with Crippen LogP contribution in [0.4, 0.5) is 0 Å². The Morgan fingerprint density at radius 2 is 1.90 bits per heavy atom. The Bertz CT molecular complexity index is 306. The van der Waals surface area contributed by atoms with Crippen LogP contribution in [0, 0.1) is 5.41 Å². The van der Waals surface area contributed by atoms with Crippen LogP contribution in [-0.4, -0.2) is 47.7 Å². The number of nitrogens with one attached hydrogen (secondary N) is 1. The molecule has 0 heterocycles. The highest BCUT2D eigenvalue weighted by atomic mass is 16.4. The number of nitrogens with zero attached hydrogens (tertiary/aromatic N) is 1. The first-order valence-corrected chi connectivity index (χ1v) is 7.90. The highest BCUT2D eigenvalue weighted by Crippen LogP contribution is 2.36. The van der Waals surface area contributed by atoms with Crippen LogP contribution in [0.3, 0.4) is 0 Å². The van der Waals surface area contributed by atoms with Crippen molar-refractivity contribution in [1.82, 2.24) is 10.2 Å². The summed E-state index contributed by atoms with van der Waals surface area (Å²) < 4.78 is 0. The molecule has 0 aromatic carbocycles. The largest absolute Gasteiger partial charge is 0.480 e. The number of rotatable bonds is 7. The summed E-state index contributed by atoms with van der Waals surface area (Å²) in [4.78, 5) is 13.6. The van der Waals surface area contributed by atoms with Crippen molar-refractivity contribution in [2.75, 3.05) is 13.6 Å². The maximum Gasteiger partial charge on any atom is 0.320 e. The fourth-order valence-corrected chi connectivity index (χ4v) is 3.02. The summed E-state index contributed by atoms with van der Waals surface area (Å²) >= 11 is 0. The van der Waals surface area contributed by atoms with Gasteiger partial charge in [0.1, 0.15) is 6.04 Å². The Balaban J connectivity index is 2.38. The zero-order valence-electron chi connectivity index (χ0n) is 13.8. The molecule has 4 nitrogen and oxygen atoms in total. The van der Waals surface area contributed by atoms with Gasteiger partial charge in [-0.2, -0.15) is 0 Å².